The molecule has 4 aliphatic heterocycles. The predicted molar refractivity (Wildman–Crippen MR) is 122 cm³/mol. The first-order chi connectivity index (χ1) is 15.6. The Morgan fingerprint density at radius 1 is 1.22 bits per heavy atom. The molecule has 1 aromatic carbocycles. The fraction of sp³-hybridized carbons (Fsp3) is 0.583. The van der Waals surface area contributed by atoms with Gasteiger partial charge in [0.25, 0.3) is 0 Å². The predicted octanol–water partition coefficient (Wildman–Crippen LogP) is 2.32. The zero-order valence-electron chi connectivity index (χ0n) is 19.0. The number of hydrogen-bond donors (Lipinski definition) is 1. The molecule has 4 saturated heterocycles. The number of nitrogens with zero attached hydrogens (tertiary/aromatic N) is 4. The molecular formula is C24H33N5O3. The van der Waals surface area contributed by atoms with Crippen LogP contribution in [0, 0.1) is 5.92 Å². The second kappa shape index (κ2) is 9.11. The summed E-state index contributed by atoms with van der Waals surface area (Å²) in [5.41, 5.74) is 3.43. The lowest BCUT2D eigenvalue weighted by Crippen LogP contribution is -2.57. The van der Waals surface area contributed by atoms with Crippen molar-refractivity contribution in [1.29, 1.82) is 0 Å². The second-order valence-corrected chi connectivity index (χ2v) is 9.13. The lowest BCUT2D eigenvalue weighted by molar-refractivity contribution is 0.0265. The summed E-state index contributed by atoms with van der Waals surface area (Å²) < 4.78 is 12.7. The normalized spacial score (nSPS) is 27.4. The second-order valence-electron chi connectivity index (χ2n) is 9.13. The molecule has 8 heteroatoms. The van der Waals surface area contributed by atoms with E-state index in [0.717, 1.165) is 43.1 Å². The summed E-state index contributed by atoms with van der Waals surface area (Å²) in [5.74, 6) is 1.97. The molecule has 0 spiro atoms. The van der Waals surface area contributed by atoms with Crippen molar-refractivity contribution in [3.05, 3.63) is 36.0 Å². The van der Waals surface area contributed by atoms with Crippen LogP contribution in [-0.4, -0.2) is 84.7 Å². The van der Waals surface area contributed by atoms with Gasteiger partial charge in [-0.15, -0.1) is 0 Å². The molecule has 4 unspecified atom stereocenters. The molecule has 0 radical (unpaired) electrons. The first-order valence-electron chi connectivity index (χ1n) is 11.7. The maximum atomic E-state index is 12.5. The van der Waals surface area contributed by atoms with Crippen molar-refractivity contribution in [3.8, 4) is 17.0 Å². The molecule has 2 bridgehead atoms. The molecule has 8 nitrogen and oxygen atoms in total. The molecule has 172 valence electrons. The number of nitrogens with one attached hydrogen (secondary N) is 1. The Morgan fingerprint density at radius 3 is 2.69 bits per heavy atom. The number of fused-ring (bicyclic) bond motifs is 3. The lowest BCUT2D eigenvalue weighted by Gasteiger charge is -2.50. The van der Waals surface area contributed by atoms with Gasteiger partial charge in [0.05, 0.1) is 26.0 Å². The molecule has 2 amide bonds. The van der Waals surface area contributed by atoms with E-state index in [9.17, 15) is 4.79 Å². The van der Waals surface area contributed by atoms with Crippen LogP contribution in [-0.2, 0) is 11.8 Å². The molecule has 2 aromatic rings. The van der Waals surface area contributed by atoms with Crippen molar-refractivity contribution in [3.63, 3.8) is 0 Å². The van der Waals surface area contributed by atoms with Crippen LogP contribution >= 0.6 is 0 Å². The van der Waals surface area contributed by atoms with E-state index in [0.29, 0.717) is 44.2 Å². The molecule has 4 aliphatic rings. The van der Waals surface area contributed by atoms with Gasteiger partial charge in [-0.1, -0.05) is 0 Å². The van der Waals surface area contributed by atoms with Gasteiger partial charge in [0, 0.05) is 56.4 Å². The maximum absolute atomic E-state index is 12.5. The van der Waals surface area contributed by atoms with E-state index in [-0.39, 0.29) is 6.03 Å². The molecule has 1 aromatic heterocycles. The minimum atomic E-state index is 0.0447. The van der Waals surface area contributed by atoms with Gasteiger partial charge in [-0.05, 0) is 55.6 Å². The van der Waals surface area contributed by atoms with Crippen molar-refractivity contribution in [2.75, 3.05) is 53.0 Å². The molecule has 0 saturated carbocycles. The van der Waals surface area contributed by atoms with Crippen molar-refractivity contribution in [2.24, 2.45) is 13.0 Å². The third kappa shape index (κ3) is 4.21. The quantitative estimate of drug-likeness (QED) is 0.774. The number of carbonyl (C=O) groups is 1. The fourth-order valence-electron chi connectivity index (χ4n) is 5.50. The number of aromatic nitrogens is 2. The van der Waals surface area contributed by atoms with Gasteiger partial charge in [-0.2, -0.15) is 5.10 Å². The Morgan fingerprint density at radius 2 is 2.00 bits per heavy atom. The van der Waals surface area contributed by atoms with E-state index in [4.69, 9.17) is 14.6 Å². The van der Waals surface area contributed by atoms with E-state index in [1.54, 1.807) is 7.11 Å². The number of morpholine rings is 1. The highest BCUT2D eigenvalue weighted by Crippen LogP contribution is 2.42. The number of piperidine rings is 3. The molecule has 4 fully saturated rings. The number of rotatable bonds is 5. The monoisotopic (exact) mass is 439 g/mol. The zero-order valence-corrected chi connectivity index (χ0v) is 19.0. The van der Waals surface area contributed by atoms with Crippen LogP contribution in [0.1, 0.15) is 24.5 Å². The molecule has 0 aliphatic carbocycles. The zero-order chi connectivity index (χ0) is 22.1. The highest BCUT2D eigenvalue weighted by molar-refractivity contribution is 5.74. The van der Waals surface area contributed by atoms with Crippen molar-refractivity contribution < 1.29 is 14.3 Å². The van der Waals surface area contributed by atoms with E-state index in [2.05, 4.69) is 40.1 Å². The number of hydrogen-bond acceptors (Lipinski definition) is 5. The topological polar surface area (TPSA) is 71.9 Å². The van der Waals surface area contributed by atoms with E-state index in [1.807, 2.05) is 17.0 Å². The molecule has 6 rings (SSSR count). The fourth-order valence-corrected chi connectivity index (χ4v) is 5.50. The number of aryl methyl sites for hydroxylation is 1. The van der Waals surface area contributed by atoms with Gasteiger partial charge in [-0.3, -0.25) is 9.58 Å². The third-order valence-electron chi connectivity index (χ3n) is 7.35. The summed E-state index contributed by atoms with van der Waals surface area (Å²) in [4.78, 5) is 16.9. The summed E-state index contributed by atoms with van der Waals surface area (Å²) in [7, 11) is 3.74. The largest absolute Gasteiger partial charge is 0.497 e. The Hall–Kier alpha value is -2.58. The summed E-state index contributed by atoms with van der Waals surface area (Å²) in [6, 6.07) is 10.8. The minimum Gasteiger partial charge on any atom is -0.497 e. The number of methoxy groups -OCH3 is 1. The van der Waals surface area contributed by atoms with Crippen molar-refractivity contribution >= 4 is 6.03 Å². The van der Waals surface area contributed by atoms with Crippen LogP contribution in [0.2, 0.25) is 0 Å². The van der Waals surface area contributed by atoms with Gasteiger partial charge < -0.3 is 19.7 Å². The van der Waals surface area contributed by atoms with Gasteiger partial charge in [-0.25, -0.2) is 4.79 Å². The van der Waals surface area contributed by atoms with Gasteiger partial charge >= 0.3 is 6.03 Å². The van der Waals surface area contributed by atoms with Gasteiger partial charge in [0.2, 0.25) is 0 Å². The number of amides is 2. The number of carbonyl (C=O) groups excluding carboxylic acids is 1. The van der Waals surface area contributed by atoms with Crippen molar-refractivity contribution in [2.45, 2.75) is 24.8 Å². The standard InChI is InChI=1S/C24H33N5O3/c1-27-23(14-22(26-27)17-3-5-20(31-2)6-4-17)21-16-29-8-7-18(21)13-19(29)15-25-24(30)28-9-11-32-12-10-28/h3-6,14,18-19,21H,7-13,15-16H2,1-2H3,(H,25,30). The number of ether oxygens (including phenoxy) is 2. The van der Waals surface area contributed by atoms with E-state index in [1.165, 1.54) is 12.1 Å². The first-order valence-corrected chi connectivity index (χ1v) is 11.7. The van der Waals surface area contributed by atoms with Crippen LogP contribution < -0.4 is 10.1 Å². The molecule has 5 heterocycles. The first kappa shape index (κ1) is 21.3. The maximum Gasteiger partial charge on any atom is 0.317 e. The molecular weight excluding hydrogens is 406 g/mol. The highest BCUT2D eigenvalue weighted by Gasteiger charge is 2.42. The number of benzene rings is 1. The lowest BCUT2D eigenvalue weighted by atomic mass is 9.74. The Labute approximate surface area is 189 Å². The van der Waals surface area contributed by atoms with E-state index >= 15 is 0 Å². The number of urea groups is 1. The minimum absolute atomic E-state index is 0.0447. The summed E-state index contributed by atoms with van der Waals surface area (Å²) in [6.45, 7) is 5.50. The van der Waals surface area contributed by atoms with E-state index < -0.39 is 0 Å². The van der Waals surface area contributed by atoms with Crippen molar-refractivity contribution in [1.82, 2.24) is 24.9 Å². The van der Waals surface area contributed by atoms with Crippen LogP contribution in [0.4, 0.5) is 4.79 Å². The van der Waals surface area contributed by atoms with Crippen LogP contribution in [0.5, 0.6) is 5.75 Å². The smallest absolute Gasteiger partial charge is 0.317 e. The Balaban J connectivity index is 1.23. The Kier molecular flexibility index (Phi) is 6.06. The molecule has 32 heavy (non-hydrogen) atoms. The SMILES string of the molecule is COc1ccc(-c2cc(C3CN4CCC3CC4CNC(=O)N3CCOCC3)n(C)n2)cc1. The van der Waals surface area contributed by atoms with Gasteiger partial charge in [0.1, 0.15) is 5.75 Å². The van der Waals surface area contributed by atoms with Crippen LogP contribution in [0.3, 0.4) is 0 Å². The average molecular weight is 440 g/mol. The van der Waals surface area contributed by atoms with Gasteiger partial charge in [0.15, 0.2) is 0 Å². The molecule has 4 atom stereocenters. The summed E-state index contributed by atoms with van der Waals surface area (Å²) in [5, 5.41) is 7.98. The summed E-state index contributed by atoms with van der Waals surface area (Å²) >= 11 is 0. The molecule has 1 N–H and O–H groups in total. The third-order valence-corrected chi connectivity index (χ3v) is 7.35. The average Bonchev–Trinajstić information content (AvgIpc) is 3.24. The highest BCUT2D eigenvalue weighted by atomic mass is 16.5. The Bertz CT molecular complexity index is 938. The van der Waals surface area contributed by atoms with Crippen LogP contribution in [0.25, 0.3) is 11.3 Å². The van der Waals surface area contributed by atoms with Crippen LogP contribution in [0.15, 0.2) is 30.3 Å². The summed E-state index contributed by atoms with van der Waals surface area (Å²) in [6.07, 6.45) is 2.33.